The van der Waals surface area contributed by atoms with Crippen LogP contribution in [0.25, 0.3) is 11.1 Å². The summed E-state index contributed by atoms with van der Waals surface area (Å²) >= 11 is 0. The molecule has 41 heavy (non-hydrogen) atoms. The van der Waals surface area contributed by atoms with Crippen LogP contribution in [0.2, 0.25) is 0 Å². The van der Waals surface area contributed by atoms with Crippen LogP contribution in [-0.2, 0) is 18.3 Å². The van der Waals surface area contributed by atoms with Gasteiger partial charge in [0.25, 0.3) is 0 Å². The molecule has 0 unspecified atom stereocenters. The molecule has 1 amide bonds. The molecule has 0 fully saturated rings. The molecule has 4 rings (SSSR count). The smallest absolute Gasteiger partial charge is 0.337 e. The maximum atomic E-state index is 14.9. The van der Waals surface area contributed by atoms with Crippen LogP contribution in [-0.4, -0.2) is 57.4 Å². The van der Waals surface area contributed by atoms with Gasteiger partial charge in [0.05, 0.1) is 24.0 Å². The molecule has 0 saturated carbocycles. The van der Waals surface area contributed by atoms with Crippen LogP contribution in [0.5, 0.6) is 0 Å². The first-order valence-electron chi connectivity index (χ1n) is 12.4. The first-order chi connectivity index (χ1) is 19.4. The van der Waals surface area contributed by atoms with Crippen molar-refractivity contribution < 1.29 is 22.4 Å². The number of rotatable bonds is 10. The molecule has 0 bridgehead atoms. The van der Waals surface area contributed by atoms with E-state index in [0.717, 1.165) is 0 Å². The molecule has 0 radical (unpaired) electrons. The number of aromatic nitrogens is 4. The number of alkyl halides is 3. The number of carbonyl (C=O) groups is 1. The van der Waals surface area contributed by atoms with Crippen molar-refractivity contribution in [3.63, 3.8) is 0 Å². The van der Waals surface area contributed by atoms with Gasteiger partial charge < -0.3 is 20.9 Å². The van der Waals surface area contributed by atoms with E-state index in [1.54, 1.807) is 30.2 Å². The third-order valence-electron chi connectivity index (χ3n) is 5.65. The van der Waals surface area contributed by atoms with Crippen molar-refractivity contribution in [3.05, 3.63) is 84.6 Å². The van der Waals surface area contributed by atoms with E-state index < -0.39 is 18.4 Å². The Morgan fingerprint density at radius 3 is 2.46 bits per heavy atom. The lowest BCUT2D eigenvalue weighted by Crippen LogP contribution is -2.13. The van der Waals surface area contributed by atoms with Crippen LogP contribution in [0.1, 0.15) is 5.56 Å². The van der Waals surface area contributed by atoms with E-state index in [9.17, 15) is 22.4 Å². The van der Waals surface area contributed by atoms with Crippen LogP contribution >= 0.6 is 0 Å². The SMILES string of the molecule is CN(C)C/C=C/C(=O)Nc1ccc(F)c(Nc2nc(Nc3cnn(C)c3)ncc2-c2ccc(CC(F)(F)F)cc2)c1. The molecule has 3 N–H and O–H groups in total. The van der Waals surface area contributed by atoms with Crippen molar-refractivity contribution in [2.24, 2.45) is 7.05 Å². The number of likely N-dealkylation sites (N-methyl/N-ethyl adjacent to an activating group) is 1. The van der Waals surface area contributed by atoms with E-state index in [-0.39, 0.29) is 28.9 Å². The van der Waals surface area contributed by atoms with E-state index in [1.807, 2.05) is 19.0 Å². The van der Waals surface area contributed by atoms with Crippen LogP contribution in [0, 0.1) is 5.82 Å². The Labute approximate surface area is 233 Å². The first kappa shape index (κ1) is 29.2. The van der Waals surface area contributed by atoms with Crippen LogP contribution in [0.4, 0.5) is 46.4 Å². The maximum absolute atomic E-state index is 14.9. The summed E-state index contributed by atoms with van der Waals surface area (Å²) in [6.07, 6.45) is 2.45. The lowest BCUT2D eigenvalue weighted by Gasteiger charge is -2.15. The summed E-state index contributed by atoms with van der Waals surface area (Å²) in [6.45, 7) is 0.576. The second kappa shape index (κ2) is 12.6. The summed E-state index contributed by atoms with van der Waals surface area (Å²) in [4.78, 5) is 23.0. The zero-order chi connectivity index (χ0) is 29.6. The molecule has 0 spiro atoms. The molecule has 2 aromatic heterocycles. The molecule has 2 heterocycles. The van der Waals surface area contributed by atoms with Gasteiger partial charge in [0.1, 0.15) is 11.6 Å². The number of aryl methyl sites for hydroxylation is 1. The lowest BCUT2D eigenvalue weighted by molar-refractivity contribution is -0.127. The van der Waals surface area contributed by atoms with Gasteiger partial charge in [-0.1, -0.05) is 30.3 Å². The van der Waals surface area contributed by atoms with E-state index in [2.05, 4.69) is 31.0 Å². The van der Waals surface area contributed by atoms with E-state index in [1.165, 1.54) is 54.7 Å². The predicted octanol–water partition coefficient (Wildman–Crippen LogP) is 5.66. The minimum Gasteiger partial charge on any atom is -0.337 e. The van der Waals surface area contributed by atoms with Crippen LogP contribution < -0.4 is 16.0 Å². The molecule has 4 aromatic rings. The predicted molar refractivity (Wildman–Crippen MR) is 150 cm³/mol. The van der Waals surface area contributed by atoms with Crippen molar-refractivity contribution in [2.45, 2.75) is 12.6 Å². The number of amides is 1. The number of halogens is 4. The molecule has 9 nitrogen and oxygen atoms in total. The van der Waals surface area contributed by atoms with E-state index in [4.69, 9.17) is 0 Å². The largest absolute Gasteiger partial charge is 0.393 e. The fourth-order valence-electron chi connectivity index (χ4n) is 3.78. The summed E-state index contributed by atoms with van der Waals surface area (Å²) < 4.78 is 55.0. The number of hydrogen-bond acceptors (Lipinski definition) is 7. The minimum absolute atomic E-state index is 0.0149. The molecule has 0 atom stereocenters. The molecule has 13 heteroatoms. The Hall–Kier alpha value is -4.78. The Bertz CT molecular complexity index is 1530. The fraction of sp³-hybridized carbons (Fsp3) is 0.214. The Kier molecular flexibility index (Phi) is 8.97. The highest BCUT2D eigenvalue weighted by molar-refractivity contribution is 5.99. The lowest BCUT2D eigenvalue weighted by atomic mass is 10.0. The Morgan fingerprint density at radius 2 is 1.80 bits per heavy atom. The maximum Gasteiger partial charge on any atom is 0.393 e. The topological polar surface area (TPSA) is 100 Å². The summed E-state index contributed by atoms with van der Waals surface area (Å²) in [5, 5.41) is 12.7. The third-order valence-corrected chi connectivity index (χ3v) is 5.65. The number of anilines is 5. The van der Waals surface area contributed by atoms with E-state index >= 15 is 0 Å². The van der Waals surface area contributed by atoms with Gasteiger partial charge in [-0.15, -0.1) is 0 Å². The molecular formula is C28H28F4N8O. The van der Waals surface area contributed by atoms with Crippen molar-refractivity contribution in [2.75, 3.05) is 36.6 Å². The molecule has 214 valence electrons. The molecule has 0 aliphatic heterocycles. The van der Waals surface area contributed by atoms with Crippen LogP contribution in [0.3, 0.4) is 0 Å². The van der Waals surface area contributed by atoms with Gasteiger partial charge in [-0.2, -0.15) is 23.3 Å². The van der Waals surface area contributed by atoms with Gasteiger partial charge in [0.2, 0.25) is 11.9 Å². The van der Waals surface area contributed by atoms with Crippen LogP contribution in [0.15, 0.2) is 73.2 Å². The van der Waals surface area contributed by atoms with Gasteiger partial charge in [0, 0.05) is 43.3 Å². The van der Waals surface area contributed by atoms with Gasteiger partial charge in [-0.25, -0.2) is 9.37 Å². The van der Waals surface area contributed by atoms with Gasteiger partial charge in [-0.3, -0.25) is 9.48 Å². The number of carbonyl (C=O) groups excluding carboxylic acids is 1. The second-order valence-corrected chi connectivity index (χ2v) is 9.45. The van der Waals surface area contributed by atoms with E-state index in [0.29, 0.717) is 29.0 Å². The third kappa shape index (κ3) is 8.60. The average Bonchev–Trinajstić information content (AvgIpc) is 3.30. The number of hydrogen-bond donors (Lipinski definition) is 3. The fourth-order valence-corrected chi connectivity index (χ4v) is 3.78. The summed E-state index contributed by atoms with van der Waals surface area (Å²) in [5.74, 6) is -0.635. The molecule has 2 aromatic carbocycles. The Morgan fingerprint density at radius 1 is 1.05 bits per heavy atom. The summed E-state index contributed by atoms with van der Waals surface area (Å²) in [5.41, 5.74) is 2.00. The van der Waals surface area contributed by atoms with Crippen molar-refractivity contribution in [1.82, 2.24) is 24.6 Å². The van der Waals surface area contributed by atoms with Crippen molar-refractivity contribution in [1.29, 1.82) is 0 Å². The highest BCUT2D eigenvalue weighted by Crippen LogP contribution is 2.32. The summed E-state index contributed by atoms with van der Waals surface area (Å²) in [6, 6.07) is 9.82. The van der Waals surface area contributed by atoms with Gasteiger partial charge in [-0.05, 0) is 43.4 Å². The summed E-state index contributed by atoms with van der Waals surface area (Å²) in [7, 11) is 5.49. The normalized spacial score (nSPS) is 11.7. The first-order valence-corrected chi connectivity index (χ1v) is 12.4. The molecule has 0 aliphatic rings. The monoisotopic (exact) mass is 568 g/mol. The second-order valence-electron chi connectivity index (χ2n) is 9.45. The minimum atomic E-state index is -4.34. The number of nitrogens with zero attached hydrogens (tertiary/aromatic N) is 5. The standard InChI is InChI=1S/C28H28F4N8O/c1-39(2)12-4-5-25(41)35-20-10-11-23(29)24(13-20)37-26-22(19-8-6-18(7-9-19)14-28(30,31)32)16-33-27(38-26)36-21-15-34-40(3)17-21/h4-11,13,15-17H,12,14H2,1-3H3,(H,35,41)(H2,33,36,37,38)/b5-4+. The highest BCUT2D eigenvalue weighted by Gasteiger charge is 2.27. The highest BCUT2D eigenvalue weighted by atomic mass is 19.4. The zero-order valence-corrected chi connectivity index (χ0v) is 22.5. The molecule has 0 aliphatic carbocycles. The molecular weight excluding hydrogens is 540 g/mol. The average molecular weight is 569 g/mol. The Balaban J connectivity index is 1.64. The van der Waals surface area contributed by atoms with Crippen molar-refractivity contribution >= 4 is 34.7 Å². The number of benzene rings is 2. The van der Waals surface area contributed by atoms with Gasteiger partial charge in [0.15, 0.2) is 0 Å². The number of nitrogens with one attached hydrogen (secondary N) is 3. The van der Waals surface area contributed by atoms with Crippen molar-refractivity contribution in [3.8, 4) is 11.1 Å². The quantitative estimate of drug-likeness (QED) is 0.168. The van der Waals surface area contributed by atoms with Gasteiger partial charge >= 0.3 is 6.18 Å². The zero-order valence-electron chi connectivity index (χ0n) is 22.5. The molecule has 0 saturated heterocycles.